The minimum Gasteiger partial charge on any atom is -0.491 e. The molecule has 1 saturated heterocycles. The molecule has 3 heterocycles. The van der Waals surface area contributed by atoms with E-state index in [2.05, 4.69) is 15.0 Å². The van der Waals surface area contributed by atoms with Gasteiger partial charge >= 0.3 is 5.97 Å². The molecule has 4 aromatic rings. The highest BCUT2D eigenvalue weighted by atomic mass is 16.6. The van der Waals surface area contributed by atoms with Crippen molar-refractivity contribution in [3.05, 3.63) is 77.4 Å². The Balaban J connectivity index is 1.19. The summed E-state index contributed by atoms with van der Waals surface area (Å²) in [7, 11) is 0. The fourth-order valence-electron chi connectivity index (χ4n) is 4.54. The molecule has 0 radical (unpaired) electrons. The topological polar surface area (TPSA) is 142 Å². The number of aromatic carboxylic acids is 1. The van der Waals surface area contributed by atoms with Crippen molar-refractivity contribution in [1.82, 2.24) is 19.5 Å². The predicted octanol–water partition coefficient (Wildman–Crippen LogP) is 3.99. The second-order valence-corrected chi connectivity index (χ2v) is 9.06. The van der Waals surface area contributed by atoms with E-state index >= 15 is 0 Å². The zero-order valence-electron chi connectivity index (χ0n) is 20.3. The molecule has 2 atom stereocenters. The van der Waals surface area contributed by atoms with Gasteiger partial charge in [-0.15, -0.1) is 0 Å². The molecule has 0 unspecified atom stereocenters. The van der Waals surface area contributed by atoms with Crippen molar-refractivity contribution >= 4 is 28.7 Å². The summed E-state index contributed by atoms with van der Waals surface area (Å²) >= 11 is 0. The molecule has 0 bridgehead atoms. The summed E-state index contributed by atoms with van der Waals surface area (Å²) in [6, 6.07) is 12.1. The van der Waals surface area contributed by atoms with Crippen LogP contribution in [0.4, 0.5) is 5.82 Å². The zero-order chi connectivity index (χ0) is 25.9. The molecule has 10 nitrogen and oxygen atoms in total. The van der Waals surface area contributed by atoms with Gasteiger partial charge in [-0.2, -0.15) is 0 Å². The highest BCUT2D eigenvalue weighted by Gasteiger charge is 2.29. The summed E-state index contributed by atoms with van der Waals surface area (Å²) < 4.78 is 14.2. The first-order valence-corrected chi connectivity index (χ1v) is 12.1. The number of carbonyl (C=O) groups is 2. The monoisotopic (exact) mass is 501 g/mol. The van der Waals surface area contributed by atoms with E-state index in [0.717, 1.165) is 29.7 Å². The second-order valence-electron chi connectivity index (χ2n) is 9.06. The summed E-state index contributed by atoms with van der Waals surface area (Å²) in [5.74, 6) is -0.239. The number of imidazole rings is 1. The van der Waals surface area contributed by atoms with Crippen molar-refractivity contribution in [2.75, 3.05) is 12.3 Å². The smallest absolute Gasteiger partial charge is 0.336 e. The van der Waals surface area contributed by atoms with Gasteiger partial charge < -0.3 is 20.3 Å². The summed E-state index contributed by atoms with van der Waals surface area (Å²) in [5.41, 5.74) is 9.26. The minimum absolute atomic E-state index is 0.0231. The first-order valence-electron chi connectivity index (χ1n) is 12.1. The number of carboxylic acids is 1. The van der Waals surface area contributed by atoms with Crippen molar-refractivity contribution in [2.24, 2.45) is 0 Å². The van der Waals surface area contributed by atoms with Crippen LogP contribution >= 0.6 is 0 Å². The van der Waals surface area contributed by atoms with Crippen LogP contribution in [-0.4, -0.2) is 49.1 Å². The number of nitrogens with zero attached hydrogens (tertiary/aromatic N) is 4. The molecule has 37 heavy (non-hydrogen) atoms. The van der Waals surface area contributed by atoms with Crippen molar-refractivity contribution < 1.29 is 24.2 Å². The van der Waals surface area contributed by atoms with Crippen molar-refractivity contribution in [1.29, 1.82) is 0 Å². The van der Waals surface area contributed by atoms with E-state index in [1.165, 1.54) is 12.4 Å². The molecule has 1 aliphatic heterocycles. The van der Waals surface area contributed by atoms with Gasteiger partial charge in [0, 0.05) is 12.0 Å². The van der Waals surface area contributed by atoms with Gasteiger partial charge in [0.25, 0.3) is 0 Å². The Hall–Kier alpha value is -4.31. The fraction of sp³-hybridized carbons (Fsp3) is 0.296. The number of hydrogen-bond acceptors (Lipinski definition) is 8. The quantitative estimate of drug-likeness (QED) is 0.325. The lowest BCUT2D eigenvalue weighted by Crippen LogP contribution is -2.19. The molecule has 190 valence electrons. The van der Waals surface area contributed by atoms with Crippen LogP contribution in [0.3, 0.4) is 0 Å². The van der Waals surface area contributed by atoms with Crippen LogP contribution in [0, 0.1) is 6.92 Å². The number of benzene rings is 2. The third-order valence-corrected chi connectivity index (χ3v) is 6.56. The molecule has 3 N–H and O–H groups in total. The number of aromatic nitrogens is 4. The largest absolute Gasteiger partial charge is 0.491 e. The second kappa shape index (κ2) is 10.4. The number of rotatable bonds is 9. The number of ketones is 1. The summed E-state index contributed by atoms with van der Waals surface area (Å²) in [4.78, 5) is 36.7. The molecule has 0 saturated carbocycles. The third kappa shape index (κ3) is 5.14. The van der Waals surface area contributed by atoms with Crippen molar-refractivity contribution in [3.8, 4) is 5.75 Å². The van der Waals surface area contributed by atoms with E-state index < -0.39 is 5.97 Å². The Bertz CT molecular complexity index is 1470. The van der Waals surface area contributed by atoms with Crippen molar-refractivity contribution in [2.45, 2.75) is 44.9 Å². The molecule has 1 aliphatic rings. The van der Waals surface area contributed by atoms with E-state index in [4.69, 9.17) is 15.2 Å². The van der Waals surface area contributed by atoms with E-state index in [1.807, 2.05) is 29.7 Å². The van der Waals surface area contributed by atoms with E-state index in [9.17, 15) is 14.7 Å². The SMILES string of the molecule is Cc1ccc(CCC(=O)c2ccccc2C(=O)O)cc1OC[C@@H]1CC[C@H](n2cnc3c(N)ncnc32)O1. The Kier molecular flexibility index (Phi) is 6.82. The third-order valence-electron chi connectivity index (χ3n) is 6.56. The summed E-state index contributed by atoms with van der Waals surface area (Å²) in [6.45, 7) is 2.35. The molecular weight excluding hydrogens is 474 g/mol. The molecule has 2 aromatic carbocycles. The summed E-state index contributed by atoms with van der Waals surface area (Å²) in [5, 5.41) is 9.35. The van der Waals surface area contributed by atoms with Gasteiger partial charge in [0.15, 0.2) is 17.2 Å². The predicted molar refractivity (Wildman–Crippen MR) is 136 cm³/mol. The lowest BCUT2D eigenvalue weighted by molar-refractivity contribution is -0.0159. The van der Waals surface area contributed by atoms with Gasteiger partial charge in [0.05, 0.1) is 18.0 Å². The number of fused-ring (bicyclic) bond motifs is 1. The number of Topliss-reactive ketones (excluding diaryl/α,β-unsaturated/α-hetero) is 1. The van der Waals surface area contributed by atoms with Gasteiger partial charge in [-0.25, -0.2) is 19.7 Å². The molecule has 0 aliphatic carbocycles. The normalized spacial score (nSPS) is 17.2. The highest BCUT2D eigenvalue weighted by Crippen LogP contribution is 2.32. The number of hydrogen-bond donors (Lipinski definition) is 2. The van der Waals surface area contributed by atoms with Crippen molar-refractivity contribution in [3.63, 3.8) is 0 Å². The van der Waals surface area contributed by atoms with Crippen LogP contribution in [0.15, 0.2) is 55.1 Å². The molecule has 5 rings (SSSR count). The average Bonchev–Trinajstić information content (AvgIpc) is 3.55. The van der Waals surface area contributed by atoms with Crippen LogP contribution in [0.1, 0.15) is 57.3 Å². The molecule has 2 aromatic heterocycles. The first kappa shape index (κ1) is 24.4. The summed E-state index contributed by atoms with van der Waals surface area (Å²) in [6.07, 6.45) is 5.08. The van der Waals surface area contributed by atoms with Gasteiger partial charge in [0.1, 0.15) is 30.4 Å². The number of carboxylic acid groups (broad SMARTS) is 1. The first-order chi connectivity index (χ1) is 17.9. The van der Waals surface area contributed by atoms with Gasteiger partial charge in [-0.05, 0) is 49.4 Å². The minimum atomic E-state index is -1.11. The van der Waals surface area contributed by atoms with Crippen LogP contribution < -0.4 is 10.5 Å². The average molecular weight is 502 g/mol. The fourth-order valence-corrected chi connectivity index (χ4v) is 4.54. The van der Waals surface area contributed by atoms with Gasteiger partial charge in [-0.3, -0.25) is 9.36 Å². The maximum atomic E-state index is 12.7. The highest BCUT2D eigenvalue weighted by molar-refractivity contribution is 6.05. The molecular formula is C27H27N5O5. The van der Waals surface area contributed by atoms with E-state index in [1.54, 1.807) is 24.5 Å². The number of nitrogens with two attached hydrogens (primary N) is 1. The maximum absolute atomic E-state index is 12.7. The number of ether oxygens (including phenoxy) is 2. The standard InChI is InChI=1S/C27H27N5O5/c1-16-6-7-17(8-10-21(33)19-4-2-3-5-20(19)27(34)35)12-22(16)36-13-18-9-11-23(37-18)32-15-31-24-25(28)29-14-30-26(24)32/h2-7,12,14-15,18,23H,8-11,13H2,1H3,(H,34,35)(H2,28,29,30)/t18-,23+/m0/s1. The van der Waals surface area contributed by atoms with E-state index in [-0.39, 0.29) is 35.7 Å². The molecule has 10 heteroatoms. The van der Waals surface area contributed by atoms with Crippen LogP contribution in [-0.2, 0) is 11.2 Å². The number of anilines is 1. The molecule has 1 fully saturated rings. The van der Waals surface area contributed by atoms with Gasteiger partial charge in [0.2, 0.25) is 0 Å². The van der Waals surface area contributed by atoms with Gasteiger partial charge in [-0.1, -0.05) is 30.3 Å². The molecule has 0 amide bonds. The van der Waals surface area contributed by atoms with Crippen LogP contribution in [0.5, 0.6) is 5.75 Å². The maximum Gasteiger partial charge on any atom is 0.336 e. The lowest BCUT2D eigenvalue weighted by Gasteiger charge is -2.17. The number of nitrogen functional groups attached to an aromatic ring is 1. The Morgan fingerprint density at radius 1 is 1.14 bits per heavy atom. The van der Waals surface area contributed by atoms with Crippen LogP contribution in [0.2, 0.25) is 0 Å². The Morgan fingerprint density at radius 2 is 1.95 bits per heavy atom. The Morgan fingerprint density at radius 3 is 2.76 bits per heavy atom. The Labute approximate surface area is 213 Å². The number of carbonyl (C=O) groups excluding carboxylic acids is 1. The lowest BCUT2D eigenvalue weighted by atomic mass is 9.98. The molecule has 0 spiro atoms. The van der Waals surface area contributed by atoms with Crippen LogP contribution in [0.25, 0.3) is 11.2 Å². The zero-order valence-corrected chi connectivity index (χ0v) is 20.3. The van der Waals surface area contributed by atoms with E-state index in [0.29, 0.717) is 30.0 Å². The number of aryl methyl sites for hydroxylation is 2.